The average molecular weight is 369 g/mol. The predicted molar refractivity (Wildman–Crippen MR) is 85.5 cm³/mol. The molecule has 5 nitrogen and oxygen atoms in total. The van der Waals surface area contributed by atoms with Gasteiger partial charge in [-0.1, -0.05) is 0 Å². The molecule has 2 heterocycles. The van der Waals surface area contributed by atoms with Crippen LogP contribution in [-0.4, -0.2) is 40.8 Å². The molecule has 1 N–H and O–H groups in total. The molecule has 2 fully saturated rings. The van der Waals surface area contributed by atoms with Crippen LogP contribution in [0.5, 0.6) is 0 Å². The van der Waals surface area contributed by atoms with Crippen LogP contribution in [0.1, 0.15) is 25.0 Å². The van der Waals surface area contributed by atoms with Crippen LogP contribution in [0.3, 0.4) is 0 Å². The number of halogens is 1. The number of hydrogen-bond acceptors (Lipinski definition) is 3. The molecular weight excluding hydrogens is 348 g/mol. The van der Waals surface area contributed by atoms with Crippen LogP contribution in [0.25, 0.3) is 0 Å². The molecule has 1 aliphatic carbocycles. The van der Waals surface area contributed by atoms with Gasteiger partial charge in [-0.15, -0.1) is 0 Å². The first kappa shape index (κ1) is 15.7. The number of amides is 1. The number of rotatable bonds is 5. The van der Waals surface area contributed by atoms with Crippen LogP contribution in [0.4, 0.5) is 4.79 Å². The van der Waals surface area contributed by atoms with E-state index in [1.165, 1.54) is 11.3 Å². The van der Waals surface area contributed by atoms with Crippen LogP contribution in [0.2, 0.25) is 0 Å². The summed E-state index contributed by atoms with van der Waals surface area (Å²) in [7, 11) is 0. The minimum absolute atomic E-state index is 0.563. The highest BCUT2D eigenvalue weighted by Gasteiger charge is 2.43. The van der Waals surface area contributed by atoms with Gasteiger partial charge in [0.05, 0.1) is 18.9 Å². The molecule has 2 aliphatic rings. The highest BCUT2D eigenvalue weighted by atomic mass is 79.9. The van der Waals surface area contributed by atoms with Crippen LogP contribution in [-0.2, 0) is 11.3 Å². The SMILES string of the molecule is O=C(O)N1CCC([C@H]2C[C@@H]2COCc2ccc(Br)cn2)CC1. The number of likely N-dealkylation sites (tertiary alicyclic amines) is 1. The Balaban J connectivity index is 1.35. The van der Waals surface area contributed by atoms with Gasteiger partial charge in [-0.05, 0) is 65.1 Å². The maximum atomic E-state index is 10.9. The van der Waals surface area contributed by atoms with Gasteiger partial charge in [0.1, 0.15) is 0 Å². The van der Waals surface area contributed by atoms with Gasteiger partial charge in [0.25, 0.3) is 0 Å². The lowest BCUT2D eigenvalue weighted by Gasteiger charge is -2.30. The molecule has 1 aromatic heterocycles. The average Bonchev–Trinajstić information content (AvgIpc) is 3.29. The van der Waals surface area contributed by atoms with Crippen LogP contribution in [0, 0.1) is 17.8 Å². The largest absolute Gasteiger partial charge is 0.465 e. The highest BCUT2D eigenvalue weighted by molar-refractivity contribution is 9.10. The summed E-state index contributed by atoms with van der Waals surface area (Å²) in [4.78, 5) is 16.7. The first-order valence-corrected chi connectivity index (χ1v) is 8.59. The summed E-state index contributed by atoms with van der Waals surface area (Å²) in [5.74, 6) is 2.06. The molecule has 2 atom stereocenters. The number of pyridine rings is 1. The smallest absolute Gasteiger partial charge is 0.407 e. The van der Waals surface area contributed by atoms with Gasteiger partial charge in [0, 0.05) is 23.8 Å². The zero-order valence-corrected chi connectivity index (χ0v) is 14.0. The van der Waals surface area contributed by atoms with E-state index < -0.39 is 6.09 Å². The van der Waals surface area contributed by atoms with E-state index in [2.05, 4.69) is 20.9 Å². The van der Waals surface area contributed by atoms with Crippen molar-refractivity contribution in [1.82, 2.24) is 9.88 Å². The second kappa shape index (κ2) is 6.96. The second-order valence-electron chi connectivity index (χ2n) is 6.25. The number of piperidine rings is 1. The molecule has 0 bridgehead atoms. The molecule has 120 valence electrons. The molecule has 0 spiro atoms. The van der Waals surface area contributed by atoms with E-state index in [1.54, 1.807) is 6.20 Å². The van der Waals surface area contributed by atoms with Crippen LogP contribution in [0.15, 0.2) is 22.8 Å². The fraction of sp³-hybridized carbons (Fsp3) is 0.625. The molecular formula is C16H21BrN2O3. The number of nitrogens with zero attached hydrogens (tertiary/aromatic N) is 2. The number of ether oxygens (including phenoxy) is 1. The van der Waals surface area contributed by atoms with Gasteiger partial charge in [-0.25, -0.2) is 4.79 Å². The Morgan fingerprint density at radius 2 is 2.18 bits per heavy atom. The molecule has 1 saturated carbocycles. The van der Waals surface area contributed by atoms with Gasteiger partial charge in [0.2, 0.25) is 0 Å². The Morgan fingerprint density at radius 3 is 2.82 bits per heavy atom. The fourth-order valence-corrected chi connectivity index (χ4v) is 3.60. The third-order valence-corrected chi connectivity index (χ3v) is 5.23. The number of aromatic nitrogens is 1. The van der Waals surface area contributed by atoms with Crippen molar-refractivity contribution in [3.8, 4) is 0 Å². The molecule has 1 aromatic rings. The zero-order chi connectivity index (χ0) is 15.5. The van der Waals surface area contributed by atoms with E-state index in [0.29, 0.717) is 31.5 Å². The Morgan fingerprint density at radius 1 is 1.41 bits per heavy atom. The second-order valence-corrected chi connectivity index (χ2v) is 7.17. The van der Waals surface area contributed by atoms with Crippen LogP contribution >= 0.6 is 15.9 Å². The van der Waals surface area contributed by atoms with Crippen molar-refractivity contribution in [3.63, 3.8) is 0 Å². The van der Waals surface area contributed by atoms with E-state index in [-0.39, 0.29) is 0 Å². The van der Waals surface area contributed by atoms with Crippen molar-refractivity contribution >= 4 is 22.0 Å². The summed E-state index contributed by atoms with van der Waals surface area (Å²) in [5.41, 5.74) is 0.954. The van der Waals surface area contributed by atoms with E-state index in [1.807, 2.05) is 12.1 Å². The number of hydrogen-bond donors (Lipinski definition) is 1. The summed E-state index contributed by atoms with van der Waals surface area (Å²) in [5, 5.41) is 8.97. The summed E-state index contributed by atoms with van der Waals surface area (Å²) in [6, 6.07) is 3.94. The van der Waals surface area contributed by atoms with Crippen molar-refractivity contribution in [1.29, 1.82) is 0 Å². The molecule has 3 rings (SSSR count). The quantitative estimate of drug-likeness (QED) is 0.864. The molecule has 1 saturated heterocycles. The lowest BCUT2D eigenvalue weighted by Crippen LogP contribution is -2.38. The standard InChI is InChI=1S/C16H21BrN2O3/c17-13-1-2-14(18-8-13)10-22-9-12-7-15(12)11-3-5-19(6-4-11)16(20)21/h1-2,8,11-12,15H,3-7,9-10H2,(H,20,21)/t12-,15-/m1/s1. The molecule has 22 heavy (non-hydrogen) atoms. The Kier molecular flexibility index (Phi) is 4.98. The lowest BCUT2D eigenvalue weighted by atomic mass is 9.91. The van der Waals surface area contributed by atoms with E-state index >= 15 is 0 Å². The van der Waals surface area contributed by atoms with Gasteiger partial charge in [0.15, 0.2) is 0 Å². The van der Waals surface area contributed by atoms with Crippen molar-refractivity contribution < 1.29 is 14.6 Å². The minimum Gasteiger partial charge on any atom is -0.465 e. The number of carbonyl (C=O) groups is 1. The Hall–Kier alpha value is -1.14. The molecule has 0 aromatic carbocycles. The van der Waals surface area contributed by atoms with Gasteiger partial charge in [-0.2, -0.15) is 0 Å². The normalized spacial score (nSPS) is 25.2. The Bertz CT molecular complexity index is 515. The van der Waals surface area contributed by atoms with Crippen molar-refractivity contribution in [2.24, 2.45) is 17.8 Å². The zero-order valence-electron chi connectivity index (χ0n) is 12.4. The number of carboxylic acid groups (broad SMARTS) is 1. The monoisotopic (exact) mass is 368 g/mol. The molecule has 1 aliphatic heterocycles. The topological polar surface area (TPSA) is 62.7 Å². The van der Waals surface area contributed by atoms with Gasteiger partial charge < -0.3 is 14.7 Å². The van der Waals surface area contributed by atoms with Crippen molar-refractivity contribution in [3.05, 3.63) is 28.5 Å². The first-order valence-electron chi connectivity index (χ1n) is 7.79. The molecule has 0 unspecified atom stereocenters. The maximum Gasteiger partial charge on any atom is 0.407 e. The predicted octanol–water partition coefficient (Wildman–Crippen LogP) is 3.39. The van der Waals surface area contributed by atoms with Gasteiger partial charge >= 0.3 is 6.09 Å². The third-order valence-electron chi connectivity index (χ3n) is 4.76. The summed E-state index contributed by atoms with van der Waals surface area (Å²) in [6.45, 7) is 2.73. The minimum atomic E-state index is -0.781. The highest BCUT2D eigenvalue weighted by Crippen LogP contribution is 2.48. The molecule has 1 amide bonds. The molecule has 6 heteroatoms. The maximum absolute atomic E-state index is 10.9. The van der Waals surface area contributed by atoms with Crippen molar-refractivity contribution in [2.75, 3.05) is 19.7 Å². The molecule has 0 radical (unpaired) electrons. The lowest BCUT2D eigenvalue weighted by molar-refractivity contribution is 0.0951. The van der Waals surface area contributed by atoms with Gasteiger partial charge in [-0.3, -0.25) is 4.98 Å². The van der Waals surface area contributed by atoms with E-state index in [4.69, 9.17) is 9.84 Å². The summed E-state index contributed by atoms with van der Waals surface area (Å²) < 4.78 is 6.76. The van der Waals surface area contributed by atoms with E-state index in [0.717, 1.165) is 35.5 Å². The first-order chi connectivity index (χ1) is 10.6. The Labute approximate surface area is 138 Å². The summed E-state index contributed by atoms with van der Waals surface area (Å²) >= 11 is 3.37. The fourth-order valence-electron chi connectivity index (χ4n) is 3.37. The van der Waals surface area contributed by atoms with Crippen LogP contribution < -0.4 is 0 Å². The van der Waals surface area contributed by atoms with E-state index in [9.17, 15) is 4.79 Å². The van der Waals surface area contributed by atoms with Crippen molar-refractivity contribution in [2.45, 2.75) is 25.9 Å². The summed E-state index contributed by atoms with van der Waals surface area (Å²) in [6.07, 6.45) is 4.24. The third kappa shape index (κ3) is 3.98.